The maximum Gasteiger partial charge on any atom is 0.197 e. The van der Waals surface area contributed by atoms with Gasteiger partial charge in [0.25, 0.3) is 0 Å². The first-order valence-electron chi connectivity index (χ1n) is 9.92. The molecule has 0 spiro atoms. The molecule has 31 heavy (non-hydrogen) atoms. The van der Waals surface area contributed by atoms with Gasteiger partial charge in [-0.15, -0.1) is 0 Å². The molecule has 1 aromatic heterocycles. The first kappa shape index (κ1) is 22.0. The van der Waals surface area contributed by atoms with Crippen molar-refractivity contribution in [1.29, 1.82) is 0 Å². The lowest BCUT2D eigenvalue weighted by atomic mass is 9.98. The fourth-order valence-electron chi connectivity index (χ4n) is 3.37. The van der Waals surface area contributed by atoms with E-state index >= 15 is 0 Å². The van der Waals surface area contributed by atoms with Crippen molar-refractivity contribution in [2.45, 2.75) is 40.5 Å². The van der Waals surface area contributed by atoms with Gasteiger partial charge in [-0.05, 0) is 46.6 Å². The standard InChI is InChI=1S/C25H26O6/c1-13(2)5-7-16-18(9-15(26)10-19(16)27)23-12-22(30)24-21(29)11-20(28)17(25(24)31-23)8-6-14(3)4/h5-6,9-12,26-29H,7-8H2,1-4H3. The maximum atomic E-state index is 12.9. The van der Waals surface area contributed by atoms with E-state index in [0.717, 1.165) is 17.2 Å². The Hall–Kier alpha value is -3.67. The highest BCUT2D eigenvalue weighted by molar-refractivity contribution is 5.89. The highest BCUT2D eigenvalue weighted by Gasteiger charge is 2.20. The van der Waals surface area contributed by atoms with Crippen molar-refractivity contribution in [2.75, 3.05) is 0 Å². The second-order valence-electron chi connectivity index (χ2n) is 8.03. The summed E-state index contributed by atoms with van der Waals surface area (Å²) in [5, 5.41) is 41.1. The summed E-state index contributed by atoms with van der Waals surface area (Å²) in [5.74, 6) is -0.758. The van der Waals surface area contributed by atoms with E-state index in [1.165, 1.54) is 18.2 Å². The van der Waals surface area contributed by atoms with Gasteiger partial charge in [0.15, 0.2) is 5.43 Å². The summed E-state index contributed by atoms with van der Waals surface area (Å²) in [7, 11) is 0. The molecule has 3 rings (SSSR count). The van der Waals surface area contributed by atoms with Crippen molar-refractivity contribution in [2.24, 2.45) is 0 Å². The van der Waals surface area contributed by atoms with Crippen LogP contribution in [0.2, 0.25) is 0 Å². The number of fused-ring (bicyclic) bond motifs is 1. The van der Waals surface area contributed by atoms with Crippen molar-refractivity contribution in [3.05, 3.63) is 68.9 Å². The highest BCUT2D eigenvalue weighted by Crippen LogP contribution is 2.39. The zero-order valence-electron chi connectivity index (χ0n) is 18.0. The van der Waals surface area contributed by atoms with Crippen molar-refractivity contribution in [3.8, 4) is 34.3 Å². The van der Waals surface area contributed by atoms with Crippen LogP contribution in [0, 0.1) is 0 Å². The molecule has 0 bridgehead atoms. The molecule has 6 nitrogen and oxygen atoms in total. The van der Waals surface area contributed by atoms with Crippen LogP contribution in [0.1, 0.15) is 38.8 Å². The molecule has 3 aromatic rings. The minimum absolute atomic E-state index is 0.0334. The van der Waals surface area contributed by atoms with E-state index in [-0.39, 0.29) is 39.7 Å². The van der Waals surface area contributed by atoms with E-state index in [4.69, 9.17) is 4.42 Å². The van der Waals surface area contributed by atoms with Crippen LogP contribution in [-0.4, -0.2) is 20.4 Å². The average Bonchev–Trinajstić information content (AvgIpc) is 2.65. The van der Waals surface area contributed by atoms with Crippen molar-refractivity contribution in [1.82, 2.24) is 0 Å². The van der Waals surface area contributed by atoms with Gasteiger partial charge in [0.2, 0.25) is 0 Å². The van der Waals surface area contributed by atoms with E-state index in [0.29, 0.717) is 29.5 Å². The molecule has 2 aromatic carbocycles. The number of allylic oxidation sites excluding steroid dienone is 4. The minimum atomic E-state index is -0.497. The monoisotopic (exact) mass is 422 g/mol. The summed E-state index contributed by atoms with van der Waals surface area (Å²) >= 11 is 0. The average molecular weight is 422 g/mol. The molecule has 0 aliphatic rings. The largest absolute Gasteiger partial charge is 0.508 e. The number of benzene rings is 2. The van der Waals surface area contributed by atoms with E-state index < -0.39 is 5.43 Å². The molecule has 6 heteroatoms. The van der Waals surface area contributed by atoms with Gasteiger partial charge in [0.1, 0.15) is 39.7 Å². The molecule has 0 aliphatic heterocycles. The Morgan fingerprint density at radius 3 is 2.00 bits per heavy atom. The Morgan fingerprint density at radius 2 is 1.39 bits per heavy atom. The molecule has 0 atom stereocenters. The molecule has 0 fully saturated rings. The Kier molecular flexibility index (Phi) is 6.11. The number of phenolic OH excluding ortho intramolecular Hbond substituents is 4. The zero-order chi connectivity index (χ0) is 22.9. The number of aromatic hydroxyl groups is 4. The van der Waals surface area contributed by atoms with Crippen molar-refractivity contribution >= 4 is 11.0 Å². The molecule has 4 N–H and O–H groups in total. The molecular weight excluding hydrogens is 396 g/mol. The lowest BCUT2D eigenvalue weighted by Crippen LogP contribution is -2.04. The van der Waals surface area contributed by atoms with Crippen LogP contribution in [0.15, 0.2) is 56.8 Å². The smallest absolute Gasteiger partial charge is 0.197 e. The van der Waals surface area contributed by atoms with Gasteiger partial charge in [0.05, 0.1) is 0 Å². The zero-order valence-corrected chi connectivity index (χ0v) is 18.0. The predicted molar refractivity (Wildman–Crippen MR) is 121 cm³/mol. The van der Waals surface area contributed by atoms with Gasteiger partial charge in [-0.3, -0.25) is 4.79 Å². The summed E-state index contributed by atoms with van der Waals surface area (Å²) < 4.78 is 6.02. The molecular formula is C25H26O6. The fourth-order valence-corrected chi connectivity index (χ4v) is 3.37. The van der Waals surface area contributed by atoms with Crippen LogP contribution in [0.5, 0.6) is 23.0 Å². The molecule has 162 valence electrons. The fraction of sp³-hybridized carbons (Fsp3) is 0.240. The Labute approximate surface area is 180 Å². The molecule has 0 radical (unpaired) electrons. The lowest BCUT2D eigenvalue weighted by Gasteiger charge is -2.13. The third-order valence-corrected chi connectivity index (χ3v) is 4.97. The van der Waals surface area contributed by atoms with E-state index in [1.807, 2.05) is 39.8 Å². The molecule has 0 unspecified atom stereocenters. The van der Waals surface area contributed by atoms with Crippen molar-refractivity contribution in [3.63, 3.8) is 0 Å². The summed E-state index contributed by atoms with van der Waals surface area (Å²) in [6.07, 6.45) is 4.44. The molecule has 0 saturated carbocycles. The van der Waals surface area contributed by atoms with Crippen LogP contribution >= 0.6 is 0 Å². The van der Waals surface area contributed by atoms with E-state index in [1.54, 1.807) is 0 Å². The quantitative estimate of drug-likeness (QED) is 0.415. The molecule has 1 heterocycles. The number of phenols is 4. The summed E-state index contributed by atoms with van der Waals surface area (Å²) in [6.45, 7) is 7.67. The van der Waals surface area contributed by atoms with Gasteiger partial charge in [-0.2, -0.15) is 0 Å². The molecule has 0 amide bonds. The first-order valence-corrected chi connectivity index (χ1v) is 9.92. The Morgan fingerprint density at radius 1 is 0.806 bits per heavy atom. The Bertz CT molecular complexity index is 1270. The van der Waals surface area contributed by atoms with Gasteiger partial charge in [0, 0.05) is 34.9 Å². The summed E-state index contributed by atoms with van der Waals surface area (Å²) in [6, 6.07) is 4.99. The highest BCUT2D eigenvalue weighted by atomic mass is 16.3. The van der Waals surface area contributed by atoms with Gasteiger partial charge < -0.3 is 24.8 Å². The number of rotatable bonds is 5. The minimum Gasteiger partial charge on any atom is -0.508 e. The topological polar surface area (TPSA) is 111 Å². The van der Waals surface area contributed by atoms with Crippen LogP contribution in [0.3, 0.4) is 0 Å². The normalized spacial score (nSPS) is 10.8. The number of hydrogen-bond donors (Lipinski definition) is 4. The molecule has 0 aliphatic carbocycles. The third-order valence-electron chi connectivity index (χ3n) is 4.97. The number of hydrogen-bond acceptors (Lipinski definition) is 6. The van der Waals surface area contributed by atoms with Gasteiger partial charge >= 0.3 is 0 Å². The predicted octanol–water partition coefficient (Wildman–Crippen LogP) is 5.30. The Balaban J connectivity index is 2.35. The van der Waals surface area contributed by atoms with Crippen LogP contribution in [0.4, 0.5) is 0 Å². The summed E-state index contributed by atoms with van der Waals surface area (Å²) in [4.78, 5) is 12.9. The van der Waals surface area contributed by atoms with Gasteiger partial charge in [-0.25, -0.2) is 0 Å². The van der Waals surface area contributed by atoms with Crippen molar-refractivity contribution < 1.29 is 24.8 Å². The maximum absolute atomic E-state index is 12.9. The van der Waals surface area contributed by atoms with E-state index in [9.17, 15) is 25.2 Å². The SMILES string of the molecule is CC(C)=CCc1c(O)cc(O)cc1-c1cc(=O)c2c(O)cc(O)c(CC=C(C)C)c2o1. The van der Waals surface area contributed by atoms with Crippen LogP contribution in [-0.2, 0) is 12.8 Å². The lowest BCUT2D eigenvalue weighted by molar-refractivity contribution is 0.444. The second-order valence-corrected chi connectivity index (χ2v) is 8.03. The summed E-state index contributed by atoms with van der Waals surface area (Å²) in [5.41, 5.74) is 2.82. The third kappa shape index (κ3) is 4.58. The van der Waals surface area contributed by atoms with Crippen LogP contribution < -0.4 is 5.43 Å². The van der Waals surface area contributed by atoms with Crippen LogP contribution in [0.25, 0.3) is 22.3 Å². The van der Waals surface area contributed by atoms with E-state index in [2.05, 4.69) is 0 Å². The first-order chi connectivity index (χ1) is 14.6. The molecule has 0 saturated heterocycles. The second kappa shape index (κ2) is 8.60. The van der Waals surface area contributed by atoms with Gasteiger partial charge in [-0.1, -0.05) is 23.3 Å².